The minimum absolute atomic E-state index is 0.195. The number of carbonyl (C=O) groups excluding carboxylic acids is 1. The highest BCUT2D eigenvalue weighted by Crippen LogP contribution is 2.15. The third-order valence-corrected chi connectivity index (χ3v) is 4.61. The van der Waals surface area contributed by atoms with Crippen LogP contribution in [0.5, 0.6) is 0 Å². The smallest absolute Gasteiger partial charge is 0.321 e. The van der Waals surface area contributed by atoms with Gasteiger partial charge in [0.05, 0.1) is 11.5 Å². The maximum atomic E-state index is 12.5. The summed E-state index contributed by atoms with van der Waals surface area (Å²) in [6.07, 6.45) is 1.55. The maximum absolute atomic E-state index is 12.5. The summed E-state index contributed by atoms with van der Waals surface area (Å²) in [6, 6.07) is 8.13. The van der Waals surface area contributed by atoms with Crippen LogP contribution >= 0.6 is 0 Å². The van der Waals surface area contributed by atoms with E-state index in [0.717, 1.165) is 6.42 Å². The quantitative estimate of drug-likeness (QED) is 0.689. The molecule has 0 radical (unpaired) electrons. The standard InChI is InChI=1S/C14H21NO4S/c1-3-5-11-15(12-14(16)19-4-2)20(17,18)13-9-7-6-8-10-13/h6-10H,3-5,11-12H2,1-2H3. The Bertz CT molecular complexity index is 513. The topological polar surface area (TPSA) is 63.7 Å². The van der Waals surface area contributed by atoms with Gasteiger partial charge in [-0.2, -0.15) is 4.31 Å². The van der Waals surface area contributed by atoms with E-state index in [1.165, 1.54) is 16.4 Å². The van der Waals surface area contributed by atoms with Crippen molar-refractivity contribution in [1.82, 2.24) is 4.31 Å². The fourth-order valence-corrected chi connectivity index (χ4v) is 3.15. The van der Waals surface area contributed by atoms with Crippen molar-refractivity contribution in [2.45, 2.75) is 31.6 Å². The van der Waals surface area contributed by atoms with E-state index in [2.05, 4.69) is 0 Å². The Morgan fingerprint density at radius 2 is 1.85 bits per heavy atom. The molecule has 5 nitrogen and oxygen atoms in total. The number of nitrogens with zero attached hydrogens (tertiary/aromatic N) is 1. The lowest BCUT2D eigenvalue weighted by molar-refractivity contribution is -0.143. The lowest BCUT2D eigenvalue weighted by atomic mass is 10.3. The van der Waals surface area contributed by atoms with Gasteiger partial charge in [-0.05, 0) is 25.5 Å². The molecule has 0 spiro atoms. The van der Waals surface area contributed by atoms with Crippen LogP contribution in [0.25, 0.3) is 0 Å². The van der Waals surface area contributed by atoms with E-state index in [1.54, 1.807) is 25.1 Å². The summed E-state index contributed by atoms with van der Waals surface area (Å²) in [5.41, 5.74) is 0. The number of carbonyl (C=O) groups is 1. The molecule has 20 heavy (non-hydrogen) atoms. The second kappa shape index (κ2) is 8.01. The zero-order chi connectivity index (χ0) is 15.0. The summed E-state index contributed by atoms with van der Waals surface area (Å²) in [5.74, 6) is -0.525. The van der Waals surface area contributed by atoms with Crippen molar-refractivity contribution in [3.63, 3.8) is 0 Å². The number of hydrogen-bond acceptors (Lipinski definition) is 4. The predicted octanol–water partition coefficient (Wildman–Crippen LogP) is 2.04. The lowest BCUT2D eigenvalue weighted by Gasteiger charge is -2.21. The molecule has 112 valence electrons. The fraction of sp³-hybridized carbons (Fsp3) is 0.500. The molecule has 1 aromatic rings. The third-order valence-electron chi connectivity index (χ3n) is 2.75. The number of ether oxygens (including phenoxy) is 1. The molecule has 0 heterocycles. The van der Waals surface area contributed by atoms with Gasteiger partial charge in [-0.15, -0.1) is 0 Å². The summed E-state index contributed by atoms with van der Waals surface area (Å²) in [6.45, 7) is 3.97. The van der Waals surface area contributed by atoms with E-state index in [1.807, 2.05) is 6.92 Å². The van der Waals surface area contributed by atoms with E-state index in [0.29, 0.717) is 13.0 Å². The number of sulfonamides is 1. The normalized spacial score (nSPS) is 11.6. The molecular formula is C14H21NO4S. The van der Waals surface area contributed by atoms with Crippen molar-refractivity contribution < 1.29 is 17.9 Å². The third kappa shape index (κ3) is 4.61. The number of hydrogen-bond donors (Lipinski definition) is 0. The lowest BCUT2D eigenvalue weighted by Crippen LogP contribution is -2.37. The molecule has 1 aromatic carbocycles. The highest BCUT2D eigenvalue weighted by Gasteiger charge is 2.26. The summed E-state index contributed by atoms with van der Waals surface area (Å²) < 4.78 is 31.0. The molecule has 0 fully saturated rings. The SMILES string of the molecule is CCCCN(CC(=O)OCC)S(=O)(=O)c1ccccc1. The van der Waals surface area contributed by atoms with Crippen molar-refractivity contribution in [3.8, 4) is 0 Å². The minimum Gasteiger partial charge on any atom is -0.465 e. The molecule has 1 rings (SSSR count). The summed E-state index contributed by atoms with van der Waals surface area (Å²) >= 11 is 0. The zero-order valence-corrected chi connectivity index (χ0v) is 12.7. The first kappa shape index (κ1) is 16.7. The summed E-state index contributed by atoms with van der Waals surface area (Å²) in [4.78, 5) is 11.8. The minimum atomic E-state index is -3.65. The van der Waals surface area contributed by atoms with E-state index < -0.39 is 16.0 Å². The Hall–Kier alpha value is -1.40. The number of unbranched alkanes of at least 4 members (excludes halogenated alkanes) is 1. The number of rotatable bonds is 8. The molecule has 0 aromatic heterocycles. The van der Waals surface area contributed by atoms with Gasteiger partial charge in [0.1, 0.15) is 6.54 Å². The first-order valence-electron chi connectivity index (χ1n) is 6.73. The molecule has 0 aliphatic rings. The Labute approximate surface area is 120 Å². The van der Waals surface area contributed by atoms with Crippen LogP contribution in [0.3, 0.4) is 0 Å². The van der Waals surface area contributed by atoms with Crippen molar-refractivity contribution in [2.75, 3.05) is 19.7 Å². The monoisotopic (exact) mass is 299 g/mol. The van der Waals surface area contributed by atoms with E-state index in [4.69, 9.17) is 4.74 Å². The van der Waals surface area contributed by atoms with Gasteiger partial charge in [0.25, 0.3) is 0 Å². The van der Waals surface area contributed by atoms with Crippen molar-refractivity contribution in [1.29, 1.82) is 0 Å². The molecule has 0 N–H and O–H groups in total. The van der Waals surface area contributed by atoms with Gasteiger partial charge >= 0.3 is 5.97 Å². The number of esters is 1. The maximum Gasteiger partial charge on any atom is 0.321 e. The first-order valence-corrected chi connectivity index (χ1v) is 8.17. The van der Waals surface area contributed by atoms with Crippen LogP contribution in [0.4, 0.5) is 0 Å². The average Bonchev–Trinajstić information content (AvgIpc) is 2.44. The summed E-state index contributed by atoms with van der Waals surface area (Å²) in [5, 5.41) is 0. The average molecular weight is 299 g/mol. The van der Waals surface area contributed by atoms with Crippen molar-refractivity contribution in [2.24, 2.45) is 0 Å². The second-order valence-corrected chi connectivity index (χ2v) is 6.25. The number of benzene rings is 1. The van der Waals surface area contributed by atoms with E-state index >= 15 is 0 Å². The molecule has 6 heteroatoms. The van der Waals surface area contributed by atoms with Gasteiger partial charge in [0, 0.05) is 6.54 Å². The Morgan fingerprint density at radius 1 is 1.20 bits per heavy atom. The van der Waals surface area contributed by atoms with Crippen molar-refractivity contribution >= 4 is 16.0 Å². The fourth-order valence-electron chi connectivity index (χ4n) is 1.71. The molecule has 0 aliphatic heterocycles. The van der Waals surface area contributed by atoms with Crippen LogP contribution in [-0.4, -0.2) is 38.4 Å². The van der Waals surface area contributed by atoms with Gasteiger partial charge in [-0.3, -0.25) is 4.79 Å². The van der Waals surface area contributed by atoms with Gasteiger partial charge in [-0.25, -0.2) is 8.42 Å². The van der Waals surface area contributed by atoms with Crippen LogP contribution in [0, 0.1) is 0 Å². The van der Waals surface area contributed by atoms with E-state index in [9.17, 15) is 13.2 Å². The van der Waals surface area contributed by atoms with Crippen LogP contribution in [0.2, 0.25) is 0 Å². The molecule has 0 bridgehead atoms. The van der Waals surface area contributed by atoms with E-state index in [-0.39, 0.29) is 18.0 Å². The highest BCUT2D eigenvalue weighted by molar-refractivity contribution is 7.89. The largest absolute Gasteiger partial charge is 0.465 e. The first-order chi connectivity index (χ1) is 9.52. The Kier molecular flexibility index (Phi) is 6.67. The molecule has 0 saturated heterocycles. The van der Waals surface area contributed by atoms with Crippen molar-refractivity contribution in [3.05, 3.63) is 30.3 Å². The van der Waals surface area contributed by atoms with Gasteiger partial charge in [0.15, 0.2) is 0 Å². The predicted molar refractivity (Wildman–Crippen MR) is 76.7 cm³/mol. The molecule has 0 unspecified atom stereocenters. The van der Waals surface area contributed by atoms with Gasteiger partial charge in [0.2, 0.25) is 10.0 Å². The molecule has 0 saturated carbocycles. The van der Waals surface area contributed by atoms with Gasteiger partial charge in [-0.1, -0.05) is 31.5 Å². The summed E-state index contributed by atoms with van der Waals surface area (Å²) in [7, 11) is -3.65. The Balaban J connectivity index is 2.94. The molecule has 0 atom stereocenters. The van der Waals surface area contributed by atoms with Crippen LogP contribution < -0.4 is 0 Å². The Morgan fingerprint density at radius 3 is 2.40 bits per heavy atom. The second-order valence-electron chi connectivity index (χ2n) is 4.31. The zero-order valence-electron chi connectivity index (χ0n) is 11.9. The molecular weight excluding hydrogens is 278 g/mol. The van der Waals surface area contributed by atoms with Crippen LogP contribution in [0.15, 0.2) is 35.2 Å². The highest BCUT2D eigenvalue weighted by atomic mass is 32.2. The van der Waals surface area contributed by atoms with Gasteiger partial charge < -0.3 is 4.74 Å². The van der Waals surface area contributed by atoms with Crippen LogP contribution in [-0.2, 0) is 19.6 Å². The molecule has 0 aliphatic carbocycles. The van der Waals surface area contributed by atoms with Crippen LogP contribution in [0.1, 0.15) is 26.7 Å². The molecule has 0 amide bonds.